The molecule has 1 unspecified atom stereocenters. The van der Waals surface area contributed by atoms with Crippen molar-refractivity contribution in [3.63, 3.8) is 0 Å². The lowest BCUT2D eigenvalue weighted by Gasteiger charge is -2.12. The van der Waals surface area contributed by atoms with Crippen molar-refractivity contribution in [1.82, 2.24) is 4.57 Å². The first-order valence-corrected chi connectivity index (χ1v) is 13.1. The molecule has 0 radical (unpaired) electrons. The van der Waals surface area contributed by atoms with E-state index in [1.54, 1.807) is 24.3 Å². The summed E-state index contributed by atoms with van der Waals surface area (Å²) < 4.78 is 3.38. The predicted octanol–water partition coefficient (Wildman–Crippen LogP) is 9.17. The Morgan fingerprint density at radius 1 is 0.944 bits per heavy atom. The van der Waals surface area contributed by atoms with Crippen LogP contribution in [-0.4, -0.2) is 4.57 Å². The third kappa shape index (κ3) is 4.01. The monoisotopic (exact) mass is 487 g/mol. The number of hydrogen-bond donors (Lipinski definition) is 0. The van der Waals surface area contributed by atoms with Gasteiger partial charge in [-0.1, -0.05) is 69.3 Å². The van der Waals surface area contributed by atoms with E-state index in [0.29, 0.717) is 22.7 Å². The van der Waals surface area contributed by atoms with E-state index < -0.39 is 0 Å². The number of para-hydroxylation sites is 2. The summed E-state index contributed by atoms with van der Waals surface area (Å²) in [5.41, 5.74) is 5.05. The minimum atomic E-state index is 0.504. The highest BCUT2D eigenvalue weighted by molar-refractivity contribution is 7.20. The SMILES string of the molecule is C=CC.CC.CC1C=Cc2c(sc3c2ccc2c3c3ccccc3n2-c2c(C#N)cccc2C#N)C1. The van der Waals surface area contributed by atoms with Crippen molar-refractivity contribution in [3.8, 4) is 17.8 Å². The van der Waals surface area contributed by atoms with Gasteiger partial charge in [0.2, 0.25) is 0 Å². The summed E-state index contributed by atoms with van der Waals surface area (Å²) in [6.45, 7) is 11.5. The molecule has 0 saturated heterocycles. The van der Waals surface area contributed by atoms with Crippen LogP contribution in [0.5, 0.6) is 0 Å². The molecule has 0 amide bonds. The standard InChI is InChI=1S/C27H17N3S.C3H6.C2H6/c1-16-9-10-19-20-11-12-23-25(27(20)31-24(19)13-16)21-7-2-3-8-22(21)30(23)26-17(14-28)5-4-6-18(26)15-29;1-3-2;1-2/h2-12,16H,13H2,1H3;3H,1H2,2H3;1-2H3. The molecule has 1 aliphatic carbocycles. The van der Waals surface area contributed by atoms with Gasteiger partial charge in [-0.25, -0.2) is 0 Å². The van der Waals surface area contributed by atoms with Gasteiger partial charge in [0, 0.05) is 25.7 Å². The molecule has 0 fully saturated rings. The molecule has 178 valence electrons. The molecular weight excluding hydrogens is 458 g/mol. The van der Waals surface area contributed by atoms with Gasteiger partial charge in [-0.15, -0.1) is 17.9 Å². The van der Waals surface area contributed by atoms with E-state index in [9.17, 15) is 10.5 Å². The van der Waals surface area contributed by atoms with Gasteiger partial charge in [-0.05, 0) is 49.1 Å². The Hall–Kier alpha value is -4.12. The highest BCUT2D eigenvalue weighted by Gasteiger charge is 2.22. The maximum atomic E-state index is 9.81. The van der Waals surface area contributed by atoms with Crippen LogP contribution in [0.1, 0.15) is 49.3 Å². The van der Waals surface area contributed by atoms with Gasteiger partial charge in [-0.3, -0.25) is 0 Å². The lowest BCUT2D eigenvalue weighted by atomic mass is 9.95. The number of benzene rings is 3. The van der Waals surface area contributed by atoms with Crippen molar-refractivity contribution in [2.75, 3.05) is 0 Å². The molecule has 0 aliphatic heterocycles. The lowest BCUT2D eigenvalue weighted by molar-refractivity contribution is 0.728. The number of rotatable bonds is 1. The second-order valence-corrected chi connectivity index (χ2v) is 9.61. The fourth-order valence-corrected chi connectivity index (χ4v) is 6.32. The minimum absolute atomic E-state index is 0.504. The number of aromatic nitrogens is 1. The van der Waals surface area contributed by atoms with Crippen LogP contribution < -0.4 is 0 Å². The maximum absolute atomic E-state index is 9.81. The first-order chi connectivity index (χ1) is 17.6. The molecule has 0 saturated carbocycles. The van der Waals surface area contributed by atoms with Crippen LogP contribution in [0.3, 0.4) is 0 Å². The Bertz CT molecular complexity index is 1670. The van der Waals surface area contributed by atoms with Gasteiger partial charge in [0.05, 0.1) is 27.8 Å². The third-order valence-electron chi connectivity index (χ3n) is 6.21. The van der Waals surface area contributed by atoms with Gasteiger partial charge >= 0.3 is 0 Å². The molecule has 0 bridgehead atoms. The number of hydrogen-bond acceptors (Lipinski definition) is 3. The third-order valence-corrected chi connectivity index (χ3v) is 7.47. The van der Waals surface area contributed by atoms with E-state index in [2.05, 4.69) is 72.7 Å². The van der Waals surface area contributed by atoms with Crippen molar-refractivity contribution in [1.29, 1.82) is 10.5 Å². The van der Waals surface area contributed by atoms with E-state index in [1.165, 1.54) is 25.9 Å². The van der Waals surface area contributed by atoms with Crippen molar-refractivity contribution < 1.29 is 0 Å². The zero-order valence-corrected chi connectivity index (χ0v) is 22.0. The number of fused-ring (bicyclic) bond motifs is 7. The summed E-state index contributed by atoms with van der Waals surface area (Å²) in [5, 5.41) is 23.3. The van der Waals surface area contributed by atoms with Crippen molar-refractivity contribution in [3.05, 3.63) is 94.9 Å². The highest BCUT2D eigenvalue weighted by atomic mass is 32.1. The zero-order valence-electron chi connectivity index (χ0n) is 21.2. The van der Waals surface area contributed by atoms with E-state index >= 15 is 0 Å². The fraction of sp³-hybridized carbons (Fsp3) is 0.188. The second kappa shape index (κ2) is 10.6. The molecule has 3 aromatic carbocycles. The summed E-state index contributed by atoms with van der Waals surface area (Å²) in [7, 11) is 0. The zero-order chi connectivity index (χ0) is 25.8. The van der Waals surface area contributed by atoms with E-state index in [1.807, 2.05) is 38.2 Å². The van der Waals surface area contributed by atoms with Crippen molar-refractivity contribution >= 4 is 49.3 Å². The summed E-state index contributed by atoms with van der Waals surface area (Å²) >= 11 is 1.88. The number of nitriles is 2. The van der Waals surface area contributed by atoms with Crippen LogP contribution >= 0.6 is 11.3 Å². The number of allylic oxidation sites excluding steroid dienone is 2. The molecule has 2 heterocycles. The van der Waals surface area contributed by atoms with Crippen LogP contribution in [-0.2, 0) is 6.42 Å². The quantitative estimate of drug-likeness (QED) is 0.221. The average molecular weight is 488 g/mol. The Morgan fingerprint density at radius 2 is 1.61 bits per heavy atom. The predicted molar refractivity (Wildman–Crippen MR) is 155 cm³/mol. The van der Waals surface area contributed by atoms with Crippen molar-refractivity contribution in [2.45, 2.75) is 34.1 Å². The van der Waals surface area contributed by atoms with E-state index in [0.717, 1.165) is 22.8 Å². The topological polar surface area (TPSA) is 52.5 Å². The van der Waals surface area contributed by atoms with Gasteiger partial charge in [0.1, 0.15) is 12.1 Å². The maximum Gasteiger partial charge on any atom is 0.101 e. The molecule has 1 atom stereocenters. The molecule has 3 nitrogen and oxygen atoms in total. The normalized spacial score (nSPS) is 13.7. The molecular formula is C32H29N3S. The lowest BCUT2D eigenvalue weighted by Crippen LogP contribution is -2.01. The van der Waals surface area contributed by atoms with Crippen LogP contribution in [0.2, 0.25) is 0 Å². The largest absolute Gasteiger partial charge is 0.307 e. The Balaban J connectivity index is 0.000000569. The van der Waals surface area contributed by atoms with E-state index in [-0.39, 0.29) is 0 Å². The van der Waals surface area contributed by atoms with Gasteiger partial charge in [-0.2, -0.15) is 10.5 Å². The molecule has 2 aromatic heterocycles. The molecule has 6 rings (SSSR count). The fourth-order valence-electron chi connectivity index (χ4n) is 4.84. The van der Waals surface area contributed by atoms with Crippen LogP contribution in [0.4, 0.5) is 0 Å². The first-order valence-electron chi connectivity index (χ1n) is 12.3. The van der Waals surface area contributed by atoms with Crippen LogP contribution in [0.15, 0.2) is 73.3 Å². The molecule has 36 heavy (non-hydrogen) atoms. The summed E-state index contributed by atoms with van der Waals surface area (Å²) in [6.07, 6.45) is 7.39. The molecule has 0 N–H and O–H groups in total. The minimum Gasteiger partial charge on any atom is -0.307 e. The van der Waals surface area contributed by atoms with Gasteiger partial charge < -0.3 is 4.57 Å². The Kier molecular flexibility index (Phi) is 7.39. The molecule has 5 aromatic rings. The summed E-state index contributed by atoms with van der Waals surface area (Å²) in [5.74, 6) is 0.554. The van der Waals surface area contributed by atoms with Crippen molar-refractivity contribution in [2.24, 2.45) is 5.92 Å². The summed E-state index contributed by atoms with van der Waals surface area (Å²) in [6, 6.07) is 22.6. The average Bonchev–Trinajstić information content (AvgIpc) is 3.44. The van der Waals surface area contributed by atoms with E-state index in [4.69, 9.17) is 0 Å². The second-order valence-electron chi connectivity index (χ2n) is 8.50. The number of thiophene rings is 1. The first kappa shape index (κ1) is 25.0. The Morgan fingerprint density at radius 3 is 2.28 bits per heavy atom. The van der Waals surface area contributed by atoms with Crippen LogP contribution in [0.25, 0.3) is 43.7 Å². The van der Waals surface area contributed by atoms with Gasteiger partial charge in [0.15, 0.2) is 0 Å². The molecule has 1 aliphatic rings. The number of nitrogens with zero attached hydrogens (tertiary/aromatic N) is 3. The Labute approximate surface area is 216 Å². The van der Waals surface area contributed by atoms with Gasteiger partial charge in [0.25, 0.3) is 0 Å². The van der Waals surface area contributed by atoms with Crippen LogP contribution in [0, 0.1) is 28.6 Å². The highest BCUT2D eigenvalue weighted by Crippen LogP contribution is 2.44. The molecule has 4 heteroatoms. The smallest absolute Gasteiger partial charge is 0.101 e. The summed E-state index contributed by atoms with van der Waals surface area (Å²) in [4.78, 5) is 1.43. The molecule has 0 spiro atoms.